The molecule has 0 saturated heterocycles. The fraction of sp³-hybridized carbons (Fsp3) is 0.415. The maximum absolute atomic E-state index is 13.1. The molecule has 0 aliphatic rings. The zero-order chi connectivity index (χ0) is 53.4. The van der Waals surface area contributed by atoms with Crippen molar-refractivity contribution in [2.75, 3.05) is 13.2 Å². The Balaban J connectivity index is 0.000000265. The van der Waals surface area contributed by atoms with Crippen molar-refractivity contribution >= 4 is 56.9 Å². The van der Waals surface area contributed by atoms with Gasteiger partial charge in [-0.25, -0.2) is 45.6 Å². The van der Waals surface area contributed by atoms with Crippen LogP contribution in [0.1, 0.15) is 59.8 Å². The summed E-state index contributed by atoms with van der Waals surface area (Å²) in [6.45, 7) is 11.6. The van der Waals surface area contributed by atoms with Crippen LogP contribution in [0.3, 0.4) is 0 Å². The summed E-state index contributed by atoms with van der Waals surface area (Å²) in [5.41, 5.74) is -3.81. The molecule has 386 valence electrons. The van der Waals surface area contributed by atoms with Gasteiger partial charge < -0.3 is 9.47 Å². The van der Waals surface area contributed by atoms with Crippen LogP contribution < -0.4 is 24.2 Å². The van der Waals surface area contributed by atoms with Crippen LogP contribution >= 0.6 is 11.6 Å². The lowest BCUT2D eigenvalue weighted by molar-refractivity contribution is -0.220. The van der Waals surface area contributed by atoms with Gasteiger partial charge in [0.25, 0.3) is 31.9 Å². The Labute approximate surface area is 409 Å². The van der Waals surface area contributed by atoms with E-state index < -0.39 is 76.3 Å². The number of alkyl halides is 6. The molecule has 0 radical (unpaired) electrons. The van der Waals surface area contributed by atoms with E-state index in [1.807, 2.05) is 24.4 Å². The summed E-state index contributed by atoms with van der Waals surface area (Å²) in [5, 5.41) is 16.2. The second-order valence-corrected chi connectivity index (χ2v) is 26.9. The van der Waals surface area contributed by atoms with E-state index in [4.69, 9.17) is 21.1 Å². The number of amides is 2. The fourth-order valence-electron chi connectivity index (χ4n) is 5.90. The van der Waals surface area contributed by atoms with Gasteiger partial charge >= 0.3 is 12.4 Å². The molecule has 0 saturated carbocycles. The lowest BCUT2D eigenvalue weighted by Crippen LogP contribution is -2.46. The number of hydrogen-bond donors (Lipinski definition) is 2. The summed E-state index contributed by atoms with van der Waals surface area (Å²) in [7, 11) is -7.57. The Morgan fingerprint density at radius 3 is 1.37 bits per heavy atom. The standard InChI is InChI=1S/C22H29F3N6O4SSi.C19H20ClF3N6O4S/c1-14-16(12-30(4)27-14)36(33,34)29-19(32)15-8-9-17(26-20(15)37(5,6)7)31-11-10-18(28-31)35-13-21(2,3)22(23,24)25;1-11-13(9-28(4)25-11)34(31,32)27-17(30)12-5-6-14(24-16(12)20)29-8-7-15(26-29)33-10-18(2,3)19(21,22)23/h8-12H,13H2,1-7H3,(H,29,32);5-9H,10H2,1-4H3,(H,27,30). The number of aromatic nitrogens is 10. The number of carbonyl (C=O) groups is 2. The monoisotopic (exact) mass is 1080 g/mol. The summed E-state index contributed by atoms with van der Waals surface area (Å²) in [6.07, 6.45) is -3.49. The van der Waals surface area contributed by atoms with Gasteiger partial charge in [0.2, 0.25) is 11.8 Å². The number of nitrogens with one attached hydrogen (secondary N) is 2. The highest BCUT2D eigenvalue weighted by Crippen LogP contribution is 2.39. The summed E-state index contributed by atoms with van der Waals surface area (Å²) in [5.74, 6) is -1.52. The Kier molecular flexibility index (Phi) is 15.7. The summed E-state index contributed by atoms with van der Waals surface area (Å²) in [4.78, 5) is 33.9. The minimum atomic E-state index is -4.45. The van der Waals surface area contributed by atoms with E-state index in [0.717, 1.165) is 27.7 Å². The Bertz CT molecular complexity index is 3180. The largest absolute Gasteiger partial charge is 0.476 e. The van der Waals surface area contributed by atoms with Gasteiger partial charge in [0.15, 0.2) is 11.6 Å². The van der Waals surface area contributed by atoms with Crippen molar-refractivity contribution in [2.24, 2.45) is 24.9 Å². The number of carbonyl (C=O) groups excluding carboxylic acids is 2. The van der Waals surface area contributed by atoms with E-state index >= 15 is 0 Å². The molecule has 6 aromatic rings. The van der Waals surface area contributed by atoms with Crippen molar-refractivity contribution in [2.45, 2.75) is 83.3 Å². The van der Waals surface area contributed by atoms with Crippen molar-refractivity contribution in [3.05, 3.63) is 88.9 Å². The molecule has 6 rings (SSSR count). The number of ether oxygens (including phenoxy) is 2. The molecule has 0 aromatic carbocycles. The van der Waals surface area contributed by atoms with Crippen LogP contribution in [0.25, 0.3) is 11.6 Å². The molecule has 6 aromatic heterocycles. The first-order valence-corrected chi connectivity index (χ1v) is 27.6. The molecule has 0 fully saturated rings. The predicted octanol–water partition coefficient (Wildman–Crippen LogP) is 5.99. The third kappa shape index (κ3) is 13.2. The predicted molar refractivity (Wildman–Crippen MR) is 247 cm³/mol. The fourth-order valence-corrected chi connectivity index (χ4v) is 9.96. The van der Waals surface area contributed by atoms with Crippen molar-refractivity contribution in [1.82, 2.24) is 58.5 Å². The molecule has 0 atom stereocenters. The number of pyridine rings is 2. The highest BCUT2D eigenvalue weighted by molar-refractivity contribution is 7.90. The van der Waals surface area contributed by atoms with Crippen LogP contribution in [0.2, 0.25) is 24.8 Å². The second-order valence-electron chi connectivity index (χ2n) is 18.2. The highest BCUT2D eigenvalue weighted by Gasteiger charge is 2.49. The third-order valence-corrected chi connectivity index (χ3v) is 15.1. The van der Waals surface area contributed by atoms with E-state index in [9.17, 15) is 52.8 Å². The average molecular weight is 1080 g/mol. The molecule has 2 amide bonds. The lowest BCUT2D eigenvalue weighted by atomic mass is 9.94. The van der Waals surface area contributed by atoms with Gasteiger partial charge in [-0.05, 0) is 65.8 Å². The van der Waals surface area contributed by atoms with Gasteiger partial charge in [0.05, 0.1) is 33.3 Å². The molecule has 71 heavy (non-hydrogen) atoms. The van der Waals surface area contributed by atoms with E-state index in [1.54, 1.807) is 7.05 Å². The van der Waals surface area contributed by atoms with Crippen molar-refractivity contribution in [3.8, 4) is 23.4 Å². The lowest BCUT2D eigenvalue weighted by Gasteiger charge is -2.26. The van der Waals surface area contributed by atoms with E-state index in [0.29, 0.717) is 11.1 Å². The SMILES string of the molecule is Cc1nn(C)cc1S(=O)(=O)NC(=O)c1ccc(-n2ccc(OCC(C)(C)C(F)(F)F)n2)nc1Cl.Cc1nn(C)cc1S(=O)(=O)NC(=O)c1ccc(-n2ccc(OCC(C)(C)C(F)(F)F)n2)nc1[Si](C)(C)C. The maximum Gasteiger partial charge on any atom is 0.397 e. The summed E-state index contributed by atoms with van der Waals surface area (Å²) in [6, 6.07) is 8.24. The number of aryl methyl sites for hydroxylation is 4. The van der Waals surface area contributed by atoms with Crippen LogP contribution in [0.4, 0.5) is 26.3 Å². The summed E-state index contributed by atoms with van der Waals surface area (Å²) >= 11 is 6.08. The van der Waals surface area contributed by atoms with Gasteiger partial charge in [0, 0.05) is 56.3 Å². The molecule has 0 spiro atoms. The average Bonchev–Trinajstić information content (AvgIpc) is 4.05. The Morgan fingerprint density at radius 2 is 1.01 bits per heavy atom. The molecule has 0 aliphatic heterocycles. The number of hydrogen-bond acceptors (Lipinski definition) is 14. The molecule has 0 unspecified atom stereocenters. The van der Waals surface area contributed by atoms with Gasteiger partial charge in [-0.2, -0.15) is 36.5 Å². The zero-order valence-electron chi connectivity index (χ0n) is 39.9. The minimum absolute atomic E-state index is 0.0200. The molecular weight excluding hydrogens is 1030 g/mol. The number of sulfonamides is 2. The molecular formula is C41H49ClF6N12O8S2Si. The number of halogens is 7. The molecule has 30 heteroatoms. The first kappa shape index (κ1) is 55.6. The smallest absolute Gasteiger partial charge is 0.397 e. The van der Waals surface area contributed by atoms with Crippen molar-refractivity contribution < 1.29 is 62.2 Å². The van der Waals surface area contributed by atoms with Crippen LogP contribution in [-0.2, 0) is 34.1 Å². The van der Waals surface area contributed by atoms with Crippen molar-refractivity contribution in [3.63, 3.8) is 0 Å². The van der Waals surface area contributed by atoms with Crippen LogP contribution in [0.5, 0.6) is 11.8 Å². The van der Waals surface area contributed by atoms with Gasteiger partial charge in [-0.15, -0.1) is 10.2 Å². The normalized spacial score (nSPS) is 12.8. The maximum atomic E-state index is 13.1. The minimum Gasteiger partial charge on any atom is -0.476 e. The van der Waals surface area contributed by atoms with Gasteiger partial charge in [0.1, 0.15) is 36.2 Å². The molecule has 2 N–H and O–H groups in total. The number of rotatable bonds is 15. The molecule has 0 bridgehead atoms. The summed E-state index contributed by atoms with van der Waals surface area (Å²) < 4.78 is 148. The van der Waals surface area contributed by atoms with Crippen LogP contribution in [0.15, 0.2) is 71.0 Å². The topological polar surface area (TPSA) is 242 Å². The molecule has 0 aliphatic carbocycles. The van der Waals surface area contributed by atoms with Crippen molar-refractivity contribution in [1.29, 1.82) is 0 Å². The highest BCUT2D eigenvalue weighted by atomic mass is 35.5. The van der Waals surface area contributed by atoms with Gasteiger partial charge in [-0.3, -0.25) is 19.0 Å². The Morgan fingerprint density at radius 1 is 0.634 bits per heavy atom. The second kappa shape index (κ2) is 20.1. The van der Waals surface area contributed by atoms with Crippen LogP contribution in [0, 0.1) is 24.7 Å². The first-order valence-electron chi connectivity index (χ1n) is 20.8. The quantitative estimate of drug-likeness (QED) is 0.0682. The zero-order valence-corrected chi connectivity index (χ0v) is 43.3. The number of nitrogens with zero attached hydrogens (tertiary/aromatic N) is 10. The Hall–Kier alpha value is -6.33. The molecule has 6 heterocycles. The first-order chi connectivity index (χ1) is 32.4. The van der Waals surface area contributed by atoms with Gasteiger partial charge in [-0.1, -0.05) is 31.2 Å². The van der Waals surface area contributed by atoms with E-state index in [2.05, 4.69) is 35.1 Å². The van der Waals surface area contributed by atoms with Crippen LogP contribution in [-0.4, -0.2) is 111 Å². The molecule has 20 nitrogen and oxygen atoms in total. The van der Waals surface area contributed by atoms with E-state index in [-0.39, 0.29) is 55.0 Å². The van der Waals surface area contributed by atoms with E-state index in [1.165, 1.54) is 101 Å². The third-order valence-electron chi connectivity index (χ3n) is 10.2.